The van der Waals surface area contributed by atoms with E-state index in [0.717, 1.165) is 18.7 Å². The Morgan fingerprint density at radius 3 is 1.87 bits per heavy atom. The Kier molecular flexibility index (Phi) is 4.24. The standard InChI is InChI=1S/C18H28BNO3/c1-13-11-21-12-14(2)20(13)16-9-7-15(8-10-16)19-22-17(3,4)18(5,6)23-19/h7-10,13-14H,11-12H2,1-6H3/t13-,14-/m1/s1. The molecule has 3 rings (SSSR count). The molecule has 2 aliphatic heterocycles. The summed E-state index contributed by atoms with van der Waals surface area (Å²) in [6.45, 7) is 14.3. The van der Waals surface area contributed by atoms with E-state index in [4.69, 9.17) is 14.0 Å². The van der Waals surface area contributed by atoms with Gasteiger partial charge in [0.1, 0.15) is 0 Å². The molecule has 2 aliphatic rings. The minimum absolute atomic E-state index is 0.298. The number of ether oxygens (including phenoxy) is 1. The van der Waals surface area contributed by atoms with Crippen LogP contribution in [0.3, 0.4) is 0 Å². The smallest absolute Gasteiger partial charge is 0.399 e. The van der Waals surface area contributed by atoms with Gasteiger partial charge in [0.05, 0.1) is 24.4 Å². The van der Waals surface area contributed by atoms with Gasteiger partial charge in [-0.05, 0) is 59.1 Å². The van der Waals surface area contributed by atoms with Crippen molar-refractivity contribution in [2.24, 2.45) is 0 Å². The van der Waals surface area contributed by atoms with Crippen LogP contribution in [-0.4, -0.2) is 43.6 Å². The number of morpholine rings is 1. The van der Waals surface area contributed by atoms with Gasteiger partial charge in [-0.15, -0.1) is 0 Å². The van der Waals surface area contributed by atoms with Crippen LogP contribution in [0.25, 0.3) is 0 Å². The number of hydrogen-bond donors (Lipinski definition) is 0. The molecule has 5 heteroatoms. The largest absolute Gasteiger partial charge is 0.494 e. The average molecular weight is 317 g/mol. The summed E-state index contributed by atoms with van der Waals surface area (Å²) < 4.78 is 17.9. The number of rotatable bonds is 2. The van der Waals surface area contributed by atoms with Gasteiger partial charge in [-0.1, -0.05) is 12.1 Å². The van der Waals surface area contributed by atoms with E-state index in [2.05, 4.69) is 70.7 Å². The molecule has 0 unspecified atom stereocenters. The van der Waals surface area contributed by atoms with Gasteiger partial charge in [0.15, 0.2) is 0 Å². The van der Waals surface area contributed by atoms with E-state index in [1.165, 1.54) is 5.69 Å². The molecule has 2 atom stereocenters. The zero-order chi connectivity index (χ0) is 16.8. The van der Waals surface area contributed by atoms with Crippen LogP contribution in [-0.2, 0) is 14.0 Å². The zero-order valence-corrected chi connectivity index (χ0v) is 15.1. The number of nitrogens with zero attached hydrogens (tertiary/aromatic N) is 1. The molecule has 1 aromatic carbocycles. The van der Waals surface area contributed by atoms with Crippen molar-refractivity contribution < 1.29 is 14.0 Å². The summed E-state index contributed by atoms with van der Waals surface area (Å²) in [5, 5.41) is 0. The Balaban J connectivity index is 1.78. The van der Waals surface area contributed by atoms with E-state index in [9.17, 15) is 0 Å². The van der Waals surface area contributed by atoms with Crippen LogP contribution in [0.4, 0.5) is 5.69 Å². The molecule has 0 saturated carbocycles. The van der Waals surface area contributed by atoms with Gasteiger partial charge < -0.3 is 18.9 Å². The summed E-state index contributed by atoms with van der Waals surface area (Å²) >= 11 is 0. The molecule has 2 saturated heterocycles. The Morgan fingerprint density at radius 2 is 1.39 bits per heavy atom. The molecule has 1 aromatic rings. The normalized spacial score (nSPS) is 29.8. The topological polar surface area (TPSA) is 30.9 Å². The number of benzene rings is 1. The van der Waals surface area contributed by atoms with Gasteiger partial charge in [-0.3, -0.25) is 0 Å². The summed E-state index contributed by atoms with van der Waals surface area (Å²) in [6.07, 6.45) is 0. The first-order chi connectivity index (χ1) is 10.7. The maximum atomic E-state index is 6.12. The highest BCUT2D eigenvalue weighted by molar-refractivity contribution is 6.62. The highest BCUT2D eigenvalue weighted by Crippen LogP contribution is 2.36. The van der Waals surface area contributed by atoms with Crippen molar-refractivity contribution in [1.29, 1.82) is 0 Å². The van der Waals surface area contributed by atoms with Crippen LogP contribution >= 0.6 is 0 Å². The molecule has 0 aromatic heterocycles. The molecule has 0 radical (unpaired) electrons. The summed E-state index contributed by atoms with van der Waals surface area (Å²) in [5.41, 5.74) is 1.70. The fourth-order valence-electron chi connectivity index (χ4n) is 3.30. The van der Waals surface area contributed by atoms with Crippen molar-refractivity contribution in [3.63, 3.8) is 0 Å². The Bertz CT molecular complexity index is 532. The summed E-state index contributed by atoms with van der Waals surface area (Å²) in [4.78, 5) is 2.43. The van der Waals surface area contributed by atoms with E-state index in [-0.39, 0.29) is 18.3 Å². The molecule has 0 aliphatic carbocycles. The third-order valence-corrected chi connectivity index (χ3v) is 5.38. The van der Waals surface area contributed by atoms with Gasteiger partial charge in [0, 0.05) is 17.8 Å². The molecule has 23 heavy (non-hydrogen) atoms. The molecule has 4 nitrogen and oxygen atoms in total. The molecule has 126 valence electrons. The Hall–Kier alpha value is -1.04. The van der Waals surface area contributed by atoms with Crippen molar-refractivity contribution in [3.8, 4) is 0 Å². The lowest BCUT2D eigenvalue weighted by molar-refractivity contribution is 0.00578. The fourth-order valence-corrected chi connectivity index (χ4v) is 3.30. The van der Waals surface area contributed by atoms with Crippen molar-refractivity contribution in [2.45, 2.75) is 64.8 Å². The monoisotopic (exact) mass is 317 g/mol. The van der Waals surface area contributed by atoms with Gasteiger partial charge in [-0.25, -0.2) is 0 Å². The molecule has 0 bridgehead atoms. The molecule has 2 heterocycles. The quantitative estimate of drug-likeness (QED) is 0.785. The van der Waals surface area contributed by atoms with Crippen LogP contribution < -0.4 is 10.4 Å². The lowest BCUT2D eigenvalue weighted by Gasteiger charge is -2.40. The van der Waals surface area contributed by atoms with E-state index in [1.54, 1.807) is 0 Å². The van der Waals surface area contributed by atoms with Crippen LogP contribution in [0.5, 0.6) is 0 Å². The Labute approximate surface area is 140 Å². The van der Waals surface area contributed by atoms with Crippen LogP contribution in [0.1, 0.15) is 41.5 Å². The van der Waals surface area contributed by atoms with Gasteiger partial charge in [0.2, 0.25) is 0 Å². The van der Waals surface area contributed by atoms with E-state index >= 15 is 0 Å². The second-order valence-corrected chi connectivity index (χ2v) is 7.82. The molecular formula is C18H28BNO3. The molecule has 0 N–H and O–H groups in total. The molecule has 2 fully saturated rings. The first-order valence-corrected chi connectivity index (χ1v) is 8.53. The fraction of sp³-hybridized carbons (Fsp3) is 0.667. The maximum absolute atomic E-state index is 6.12. The van der Waals surface area contributed by atoms with Gasteiger partial charge in [0.25, 0.3) is 0 Å². The summed E-state index contributed by atoms with van der Waals surface area (Å²) in [5.74, 6) is 0. The van der Waals surface area contributed by atoms with Crippen molar-refractivity contribution in [2.75, 3.05) is 18.1 Å². The zero-order valence-electron chi connectivity index (χ0n) is 15.1. The van der Waals surface area contributed by atoms with Gasteiger partial charge >= 0.3 is 7.12 Å². The van der Waals surface area contributed by atoms with Gasteiger partial charge in [-0.2, -0.15) is 0 Å². The van der Waals surface area contributed by atoms with Crippen LogP contribution in [0, 0.1) is 0 Å². The van der Waals surface area contributed by atoms with Crippen LogP contribution in [0.2, 0.25) is 0 Å². The first kappa shape index (κ1) is 16.8. The molecule has 0 spiro atoms. The number of anilines is 1. The minimum Gasteiger partial charge on any atom is -0.399 e. The highest BCUT2D eigenvalue weighted by Gasteiger charge is 2.51. The highest BCUT2D eigenvalue weighted by atomic mass is 16.7. The van der Waals surface area contributed by atoms with E-state index in [1.807, 2.05) is 0 Å². The molecule has 0 amide bonds. The predicted molar refractivity (Wildman–Crippen MR) is 94.4 cm³/mol. The van der Waals surface area contributed by atoms with E-state index < -0.39 is 0 Å². The van der Waals surface area contributed by atoms with E-state index in [0.29, 0.717) is 12.1 Å². The van der Waals surface area contributed by atoms with Crippen molar-refractivity contribution in [3.05, 3.63) is 24.3 Å². The summed E-state index contributed by atoms with van der Waals surface area (Å²) in [6, 6.07) is 9.35. The minimum atomic E-state index is -0.302. The SMILES string of the molecule is C[C@@H]1COC[C@@H](C)N1c1ccc(B2OC(C)(C)C(C)(C)O2)cc1. The third kappa shape index (κ3) is 3.02. The van der Waals surface area contributed by atoms with Crippen LogP contribution in [0.15, 0.2) is 24.3 Å². The number of hydrogen-bond acceptors (Lipinski definition) is 4. The Morgan fingerprint density at radius 1 is 0.913 bits per heavy atom. The lowest BCUT2D eigenvalue weighted by Crippen LogP contribution is -2.49. The average Bonchev–Trinajstić information content (AvgIpc) is 2.68. The lowest BCUT2D eigenvalue weighted by atomic mass is 9.79. The maximum Gasteiger partial charge on any atom is 0.494 e. The van der Waals surface area contributed by atoms with Crippen molar-refractivity contribution >= 4 is 18.3 Å². The van der Waals surface area contributed by atoms with Crippen molar-refractivity contribution in [1.82, 2.24) is 0 Å². The summed E-state index contributed by atoms with van der Waals surface area (Å²) in [7, 11) is -0.298. The third-order valence-electron chi connectivity index (χ3n) is 5.38. The second-order valence-electron chi connectivity index (χ2n) is 7.82. The second kappa shape index (κ2) is 5.80. The predicted octanol–water partition coefficient (Wildman–Crippen LogP) is 2.60. The first-order valence-electron chi connectivity index (χ1n) is 8.53. The molecular weight excluding hydrogens is 289 g/mol.